The van der Waals surface area contributed by atoms with E-state index in [1.807, 2.05) is 19.0 Å². The number of carbonyl (C=O) groups is 3. The van der Waals surface area contributed by atoms with Crippen LogP contribution in [0.3, 0.4) is 0 Å². The van der Waals surface area contributed by atoms with Crippen LogP contribution in [0.4, 0.5) is 5.69 Å². The Morgan fingerprint density at radius 1 is 1.07 bits per heavy atom. The predicted octanol–water partition coefficient (Wildman–Crippen LogP) is -1.36. The first kappa shape index (κ1) is 28.5. The first-order valence-electron chi connectivity index (χ1n) is 13.4. The minimum atomic E-state index is -2.95. The first-order chi connectivity index (χ1) is 18.7. The highest BCUT2D eigenvalue weighted by atomic mass is 16.3. The van der Waals surface area contributed by atoms with Gasteiger partial charge in [-0.2, -0.15) is 0 Å². The Labute approximate surface area is 232 Å². The summed E-state index contributed by atoms with van der Waals surface area (Å²) in [6, 6.07) is 2.32. The van der Waals surface area contributed by atoms with E-state index < -0.39 is 70.4 Å². The van der Waals surface area contributed by atoms with Crippen molar-refractivity contribution in [2.75, 3.05) is 46.2 Å². The van der Waals surface area contributed by atoms with Gasteiger partial charge in [-0.3, -0.25) is 14.4 Å². The maximum Gasteiger partial charge on any atom is 0.230 e. The molecule has 0 spiro atoms. The molecule has 4 aliphatic rings. The number of phenolic OH excluding ortho intramolecular Hbond substituents is 1. The van der Waals surface area contributed by atoms with Gasteiger partial charge in [-0.1, -0.05) is 6.07 Å². The normalized spacial score (nSPS) is 34.9. The van der Waals surface area contributed by atoms with Crippen molar-refractivity contribution in [2.24, 2.45) is 23.5 Å². The van der Waals surface area contributed by atoms with Crippen molar-refractivity contribution in [3.8, 4) is 5.75 Å². The largest absolute Gasteiger partial charge is 0.507 e. The number of likely N-dealkylation sites (N-methyl/N-ethyl adjacent to an activating group) is 1. The number of aliphatic hydroxyl groups excluding tert-OH is 3. The van der Waals surface area contributed by atoms with Crippen molar-refractivity contribution in [1.29, 1.82) is 0 Å². The van der Waals surface area contributed by atoms with Crippen LogP contribution in [0.1, 0.15) is 24.0 Å². The van der Waals surface area contributed by atoms with Gasteiger partial charge in [-0.25, -0.2) is 0 Å². The fourth-order valence-electron chi connectivity index (χ4n) is 7.22. The van der Waals surface area contributed by atoms with Crippen molar-refractivity contribution in [3.05, 3.63) is 35.3 Å². The van der Waals surface area contributed by atoms with E-state index in [2.05, 4.69) is 4.90 Å². The van der Waals surface area contributed by atoms with E-state index in [0.29, 0.717) is 11.3 Å². The Kier molecular flexibility index (Phi) is 6.99. The molecule has 1 aromatic carbocycles. The number of benzene rings is 1. The number of rotatable bonds is 4. The predicted molar refractivity (Wildman–Crippen MR) is 144 cm³/mol. The smallest absolute Gasteiger partial charge is 0.230 e. The molecule has 12 heteroatoms. The quantitative estimate of drug-likeness (QED) is 0.240. The third-order valence-electron chi connectivity index (χ3n) is 9.42. The Bertz CT molecular complexity index is 1290. The second-order valence-corrected chi connectivity index (χ2v) is 11.8. The Hall–Kier alpha value is -3.03. The lowest BCUT2D eigenvalue weighted by molar-refractivity contribution is -0.197. The number of aromatic hydroxyl groups is 1. The number of ketones is 2. The lowest BCUT2D eigenvalue weighted by atomic mass is 9.53. The highest BCUT2D eigenvalue weighted by Gasteiger charge is 2.70. The number of carbonyl (C=O) groups excluding carboxylic acids is 3. The molecule has 1 amide bonds. The summed E-state index contributed by atoms with van der Waals surface area (Å²) in [7, 11) is 6.92. The number of piperidine rings is 1. The molecule has 3 fully saturated rings. The SMILES string of the molecule is CN1CCC(N(C)c2ccc3c(c2O)C(O)=C2C(=O)[C@@]4(O)C(=O)C(C(N)=O)C(O)[C@H](N(C)C)[C@H]4[C@H](O)[C@H]2[CH]3)CC1. The molecule has 5 rings (SSSR count). The van der Waals surface area contributed by atoms with Gasteiger partial charge in [0.05, 0.1) is 23.5 Å². The van der Waals surface area contributed by atoms with Crippen molar-refractivity contribution < 1.29 is 39.9 Å². The third kappa shape index (κ3) is 3.88. The molecular weight excluding hydrogens is 520 g/mol. The number of nitrogens with zero attached hydrogens (tertiary/aromatic N) is 3. The molecule has 1 heterocycles. The van der Waals surface area contributed by atoms with Crippen LogP contribution in [0.15, 0.2) is 17.7 Å². The summed E-state index contributed by atoms with van der Waals surface area (Å²) >= 11 is 0. The molecule has 0 aromatic heterocycles. The zero-order valence-electron chi connectivity index (χ0n) is 23.0. The van der Waals surface area contributed by atoms with Crippen LogP contribution < -0.4 is 10.6 Å². The third-order valence-corrected chi connectivity index (χ3v) is 9.42. The van der Waals surface area contributed by atoms with E-state index in [-0.39, 0.29) is 17.4 Å². The number of amides is 1. The monoisotopic (exact) mass is 557 g/mol. The van der Waals surface area contributed by atoms with E-state index in [1.165, 1.54) is 25.4 Å². The van der Waals surface area contributed by atoms with E-state index in [9.17, 15) is 39.9 Å². The molecule has 3 aliphatic carbocycles. The van der Waals surface area contributed by atoms with Gasteiger partial charge in [0, 0.05) is 43.0 Å². The molecule has 40 heavy (non-hydrogen) atoms. The maximum absolute atomic E-state index is 14.0. The lowest BCUT2D eigenvalue weighted by Crippen LogP contribution is -2.76. The maximum atomic E-state index is 14.0. The summed E-state index contributed by atoms with van der Waals surface area (Å²) in [5.41, 5.74) is 2.75. The number of fused-ring (bicyclic) bond motifs is 3. The summed E-state index contributed by atoms with van der Waals surface area (Å²) in [6.07, 6.45) is -0.0614. The summed E-state index contributed by atoms with van der Waals surface area (Å²) in [5, 5.41) is 57.0. The van der Waals surface area contributed by atoms with Gasteiger partial charge in [-0.05, 0) is 58.7 Å². The van der Waals surface area contributed by atoms with Gasteiger partial charge in [0.2, 0.25) is 11.7 Å². The fourth-order valence-corrected chi connectivity index (χ4v) is 7.22. The van der Waals surface area contributed by atoms with Gasteiger partial charge >= 0.3 is 0 Å². The minimum absolute atomic E-state index is 0.0509. The standard InChI is InChI=1S/C28H37N4O8/c1-30(2)20-19-21(33)14-11-12-5-6-15(32(4)13-7-9-31(3)10-8-13)22(34)16(12)23(35)17(14)25(37)28(19,40)26(38)18(24(20)36)27(29)39/h5-6,11,13-14,18-21,24,33-36,40H,7-10H2,1-4H3,(H2,29,39)/t14-,18?,19-,20+,21+,24?,28+/m0/s1. The van der Waals surface area contributed by atoms with Gasteiger partial charge in [-0.15, -0.1) is 0 Å². The molecular formula is C28H37N4O8. The lowest BCUT2D eigenvalue weighted by Gasteiger charge is -2.55. The Morgan fingerprint density at radius 3 is 2.27 bits per heavy atom. The number of primary amides is 1. The summed E-state index contributed by atoms with van der Waals surface area (Å²) < 4.78 is 0. The zero-order chi connectivity index (χ0) is 29.4. The number of likely N-dealkylation sites (tertiary alicyclic amines) is 1. The van der Waals surface area contributed by atoms with E-state index in [1.54, 1.807) is 12.1 Å². The second kappa shape index (κ2) is 9.81. The Morgan fingerprint density at radius 2 is 1.70 bits per heavy atom. The second-order valence-electron chi connectivity index (χ2n) is 11.8. The molecule has 2 saturated carbocycles. The number of hydrogen-bond acceptors (Lipinski definition) is 11. The molecule has 1 aromatic rings. The van der Waals surface area contributed by atoms with E-state index >= 15 is 0 Å². The number of phenols is 1. The van der Waals surface area contributed by atoms with Crippen molar-refractivity contribution >= 4 is 28.9 Å². The van der Waals surface area contributed by atoms with Crippen LogP contribution >= 0.6 is 0 Å². The number of Topliss-reactive ketones (excluding diaryl/α,β-unsaturated/α-hetero) is 2. The van der Waals surface area contributed by atoms with Crippen molar-refractivity contribution in [2.45, 2.75) is 42.7 Å². The first-order valence-corrected chi connectivity index (χ1v) is 13.4. The average molecular weight is 558 g/mol. The van der Waals surface area contributed by atoms with Crippen LogP contribution in [0.25, 0.3) is 5.76 Å². The molecule has 7 N–H and O–H groups in total. The van der Waals surface area contributed by atoms with Crippen molar-refractivity contribution in [1.82, 2.24) is 9.80 Å². The van der Waals surface area contributed by atoms with Crippen LogP contribution in [0, 0.1) is 24.2 Å². The highest BCUT2D eigenvalue weighted by Crippen LogP contribution is 2.53. The molecule has 2 unspecified atom stereocenters. The van der Waals surface area contributed by atoms with Gasteiger partial charge in [0.15, 0.2) is 11.4 Å². The number of aliphatic hydroxyl groups is 4. The van der Waals surface area contributed by atoms with Crippen LogP contribution in [-0.2, 0) is 14.4 Å². The molecule has 1 aliphatic heterocycles. The molecule has 1 saturated heterocycles. The number of anilines is 1. The zero-order valence-corrected chi connectivity index (χ0v) is 23.0. The average Bonchev–Trinajstić information content (AvgIpc) is 2.88. The molecule has 1 radical (unpaired) electrons. The van der Waals surface area contributed by atoms with Crippen LogP contribution in [0.2, 0.25) is 0 Å². The summed E-state index contributed by atoms with van der Waals surface area (Å²) in [5.74, 6) is -9.29. The summed E-state index contributed by atoms with van der Waals surface area (Å²) in [4.78, 5) is 45.2. The summed E-state index contributed by atoms with van der Waals surface area (Å²) in [6.45, 7) is 1.78. The topological polar surface area (TPSA) is 188 Å². The fraction of sp³-hybridized carbons (Fsp3) is 0.571. The van der Waals surface area contributed by atoms with Gasteiger partial charge in [0.1, 0.15) is 17.4 Å². The number of hydrogen-bond donors (Lipinski definition) is 6. The van der Waals surface area contributed by atoms with Crippen molar-refractivity contribution in [3.63, 3.8) is 0 Å². The van der Waals surface area contributed by atoms with E-state index in [4.69, 9.17) is 5.73 Å². The van der Waals surface area contributed by atoms with Gasteiger partial charge < -0.3 is 46.0 Å². The van der Waals surface area contributed by atoms with Crippen LogP contribution in [-0.4, -0.2) is 124 Å². The van der Waals surface area contributed by atoms with E-state index in [0.717, 1.165) is 25.9 Å². The van der Waals surface area contributed by atoms with Crippen LogP contribution in [0.5, 0.6) is 5.75 Å². The molecule has 217 valence electrons. The van der Waals surface area contributed by atoms with Gasteiger partial charge in [0.25, 0.3) is 0 Å². The Balaban J connectivity index is 1.62. The molecule has 12 nitrogen and oxygen atoms in total. The highest BCUT2D eigenvalue weighted by molar-refractivity contribution is 6.25. The molecule has 7 atom stereocenters. The number of nitrogens with two attached hydrogens (primary N) is 1. The minimum Gasteiger partial charge on any atom is -0.507 e. The molecule has 0 bridgehead atoms.